The number of benzene rings is 2. The molecule has 2 aliphatic rings. The quantitative estimate of drug-likeness (QED) is 0.305. The minimum Gasteiger partial charge on any atom is -0.496 e. The second-order valence-corrected chi connectivity index (χ2v) is 12.4. The molecule has 6 rings (SSSR count). The molecule has 0 radical (unpaired) electrons. The highest BCUT2D eigenvalue weighted by atomic mass is 19.4. The van der Waals surface area contributed by atoms with Crippen LogP contribution in [0.1, 0.15) is 68.5 Å². The van der Waals surface area contributed by atoms with E-state index in [0.29, 0.717) is 34.6 Å². The molecule has 3 atom stereocenters. The van der Waals surface area contributed by atoms with Crippen molar-refractivity contribution in [3.05, 3.63) is 77.4 Å². The van der Waals surface area contributed by atoms with Gasteiger partial charge in [0.15, 0.2) is 0 Å². The lowest BCUT2D eigenvalue weighted by atomic mass is 9.86. The Labute approximate surface area is 247 Å². The number of halogens is 3. The third-order valence-corrected chi connectivity index (χ3v) is 9.04. The van der Waals surface area contributed by atoms with Gasteiger partial charge < -0.3 is 20.5 Å². The summed E-state index contributed by atoms with van der Waals surface area (Å²) >= 11 is 0. The summed E-state index contributed by atoms with van der Waals surface area (Å²) in [6.07, 6.45) is 1.46. The Morgan fingerprint density at radius 1 is 1.09 bits per heavy atom. The number of methoxy groups -OCH3 is 1. The number of carbonyl (C=O) groups is 1. The van der Waals surface area contributed by atoms with Crippen molar-refractivity contribution in [3.8, 4) is 17.0 Å². The van der Waals surface area contributed by atoms with Gasteiger partial charge in [0.2, 0.25) is 5.91 Å². The molecule has 4 aromatic rings. The van der Waals surface area contributed by atoms with Crippen LogP contribution in [-0.4, -0.2) is 50.0 Å². The molecule has 8 nitrogen and oxygen atoms in total. The van der Waals surface area contributed by atoms with E-state index in [1.807, 2.05) is 23.1 Å². The molecule has 0 unspecified atom stereocenters. The van der Waals surface area contributed by atoms with Crippen LogP contribution >= 0.6 is 0 Å². The Balaban J connectivity index is 1.41. The number of aliphatic hydroxyl groups is 1. The second kappa shape index (κ2) is 9.97. The van der Waals surface area contributed by atoms with Crippen molar-refractivity contribution in [1.29, 1.82) is 0 Å². The number of aromatic nitrogens is 3. The normalized spacial score (nSPS) is 21.6. The van der Waals surface area contributed by atoms with E-state index in [0.717, 1.165) is 37.2 Å². The minimum atomic E-state index is -4.54. The molecule has 0 aliphatic carbocycles. The lowest BCUT2D eigenvalue weighted by Gasteiger charge is -2.34. The smallest absolute Gasteiger partial charge is 0.416 e. The summed E-state index contributed by atoms with van der Waals surface area (Å²) in [4.78, 5) is 24.5. The second-order valence-electron chi connectivity index (χ2n) is 12.4. The van der Waals surface area contributed by atoms with Gasteiger partial charge in [-0.1, -0.05) is 32.0 Å². The van der Waals surface area contributed by atoms with Crippen molar-refractivity contribution in [2.45, 2.75) is 63.8 Å². The molecule has 0 spiro atoms. The molecule has 4 heterocycles. The van der Waals surface area contributed by atoms with Crippen molar-refractivity contribution >= 4 is 17.2 Å². The number of rotatable bonds is 5. The van der Waals surface area contributed by atoms with E-state index in [1.165, 1.54) is 26.2 Å². The summed E-state index contributed by atoms with van der Waals surface area (Å²) in [6.45, 7) is 6.00. The van der Waals surface area contributed by atoms with Crippen LogP contribution in [0.15, 0.2) is 54.9 Å². The Hall–Kier alpha value is -4.12. The van der Waals surface area contributed by atoms with Crippen LogP contribution in [0.25, 0.3) is 16.8 Å². The number of amides is 1. The first-order valence-corrected chi connectivity index (χ1v) is 14.2. The van der Waals surface area contributed by atoms with Gasteiger partial charge in [-0.3, -0.25) is 9.20 Å². The van der Waals surface area contributed by atoms with Crippen LogP contribution in [0, 0.1) is 5.41 Å². The molecular formula is C32H34F3N5O3. The first kappa shape index (κ1) is 29.0. The molecule has 11 heteroatoms. The summed E-state index contributed by atoms with van der Waals surface area (Å²) < 4.78 is 47.8. The zero-order valence-corrected chi connectivity index (χ0v) is 24.4. The fraction of sp³-hybridized carbons (Fsp3) is 0.406. The highest BCUT2D eigenvalue weighted by Crippen LogP contribution is 2.45. The highest BCUT2D eigenvalue weighted by Gasteiger charge is 2.48. The lowest BCUT2D eigenvalue weighted by molar-refractivity contribution is -0.138. The van der Waals surface area contributed by atoms with E-state index in [9.17, 15) is 23.1 Å². The van der Waals surface area contributed by atoms with Crippen LogP contribution in [-0.2, 0) is 16.6 Å². The summed E-state index contributed by atoms with van der Waals surface area (Å²) in [5.74, 6) is 1.53. The number of nitrogen functional groups attached to an aromatic ring is 1. The third kappa shape index (κ3) is 4.79. The Kier molecular flexibility index (Phi) is 6.72. The third-order valence-electron chi connectivity index (χ3n) is 9.04. The number of nitrogens with zero attached hydrogens (tertiary/aromatic N) is 4. The van der Waals surface area contributed by atoms with Gasteiger partial charge in [-0.15, -0.1) is 0 Å². The van der Waals surface area contributed by atoms with E-state index in [2.05, 4.69) is 4.98 Å². The van der Waals surface area contributed by atoms with E-state index < -0.39 is 17.3 Å². The van der Waals surface area contributed by atoms with E-state index in [-0.39, 0.29) is 34.7 Å². The largest absolute Gasteiger partial charge is 0.496 e. The maximum atomic E-state index is 13.4. The van der Waals surface area contributed by atoms with Crippen molar-refractivity contribution in [2.75, 3.05) is 19.4 Å². The fourth-order valence-corrected chi connectivity index (χ4v) is 6.68. The van der Waals surface area contributed by atoms with Crippen LogP contribution < -0.4 is 10.5 Å². The maximum absolute atomic E-state index is 13.4. The van der Waals surface area contributed by atoms with Gasteiger partial charge in [0.1, 0.15) is 34.2 Å². The van der Waals surface area contributed by atoms with Gasteiger partial charge in [0, 0.05) is 41.9 Å². The number of imidazole rings is 1. The lowest BCUT2D eigenvalue weighted by Crippen LogP contribution is -2.42. The first-order chi connectivity index (χ1) is 20.2. The minimum absolute atomic E-state index is 0.0240. The SMILES string of the molecule is COc1cc([C@@](C)(O)c2cccc(C(F)(F)F)c2)ccc1-c1nc([C@@H]2CC[C@H]3CC(C)(C)C(=O)N3C2)n2ccnc(N)c12. The fourth-order valence-electron chi connectivity index (χ4n) is 6.68. The molecule has 43 heavy (non-hydrogen) atoms. The Morgan fingerprint density at radius 3 is 2.53 bits per heavy atom. The number of alkyl halides is 3. The van der Waals surface area contributed by atoms with Crippen molar-refractivity contribution in [1.82, 2.24) is 19.3 Å². The summed E-state index contributed by atoms with van der Waals surface area (Å²) in [5, 5.41) is 11.4. The molecule has 2 saturated heterocycles. The van der Waals surface area contributed by atoms with E-state index in [4.69, 9.17) is 15.5 Å². The molecule has 1 amide bonds. The van der Waals surface area contributed by atoms with Crippen molar-refractivity contribution in [3.63, 3.8) is 0 Å². The Morgan fingerprint density at radius 2 is 1.81 bits per heavy atom. The van der Waals surface area contributed by atoms with Crippen LogP contribution in [0.5, 0.6) is 5.75 Å². The number of carbonyl (C=O) groups excluding carboxylic acids is 1. The zero-order valence-electron chi connectivity index (χ0n) is 24.4. The molecule has 0 bridgehead atoms. The molecule has 226 valence electrons. The number of hydrogen-bond donors (Lipinski definition) is 2. The predicted octanol–water partition coefficient (Wildman–Crippen LogP) is 5.77. The van der Waals surface area contributed by atoms with Gasteiger partial charge >= 0.3 is 6.18 Å². The van der Waals surface area contributed by atoms with E-state index in [1.54, 1.807) is 30.6 Å². The highest BCUT2D eigenvalue weighted by molar-refractivity contribution is 5.88. The molecule has 0 saturated carbocycles. The molecule has 2 aromatic carbocycles. The van der Waals surface area contributed by atoms with Crippen molar-refractivity contribution in [2.24, 2.45) is 5.41 Å². The molecule has 2 aromatic heterocycles. The summed E-state index contributed by atoms with van der Waals surface area (Å²) in [7, 11) is 1.48. The first-order valence-electron chi connectivity index (χ1n) is 14.2. The van der Waals surface area contributed by atoms with Gasteiger partial charge in [0.05, 0.1) is 12.7 Å². The number of fused-ring (bicyclic) bond motifs is 2. The summed E-state index contributed by atoms with van der Waals surface area (Å²) in [6, 6.07) is 9.84. The molecule has 3 N–H and O–H groups in total. The average molecular weight is 594 g/mol. The molecule has 2 fully saturated rings. The van der Waals surface area contributed by atoms with Crippen LogP contribution in [0.2, 0.25) is 0 Å². The topological polar surface area (TPSA) is 106 Å². The number of hydrogen-bond acceptors (Lipinski definition) is 6. The monoisotopic (exact) mass is 593 g/mol. The molecule has 2 aliphatic heterocycles. The Bertz CT molecular complexity index is 1730. The van der Waals surface area contributed by atoms with Gasteiger partial charge in [-0.2, -0.15) is 13.2 Å². The predicted molar refractivity (Wildman–Crippen MR) is 155 cm³/mol. The average Bonchev–Trinajstić information content (AvgIpc) is 3.47. The number of ether oxygens (including phenoxy) is 1. The standard InChI is InChI=1S/C32H34F3N5O3/c1-30(2)16-22-10-8-18(17-40(22)29(30)41)28-38-25(26-27(36)37-12-13-39(26)28)23-11-9-20(15-24(23)43-4)31(3,42)19-6-5-7-21(14-19)32(33,34)35/h5-7,9,11-15,18,22,42H,8,10,16-17H2,1-4H3,(H2,36,37)/t18-,22+,31+/m1/s1. The van der Waals surface area contributed by atoms with Crippen LogP contribution in [0.3, 0.4) is 0 Å². The van der Waals surface area contributed by atoms with Gasteiger partial charge in [0.25, 0.3) is 0 Å². The van der Waals surface area contributed by atoms with Crippen LogP contribution in [0.4, 0.5) is 19.0 Å². The van der Waals surface area contributed by atoms with Gasteiger partial charge in [-0.05, 0) is 61.6 Å². The number of anilines is 1. The van der Waals surface area contributed by atoms with Gasteiger partial charge in [-0.25, -0.2) is 9.97 Å². The number of nitrogens with two attached hydrogens (primary N) is 1. The van der Waals surface area contributed by atoms with E-state index >= 15 is 0 Å². The maximum Gasteiger partial charge on any atom is 0.416 e. The molecular weight excluding hydrogens is 559 g/mol. The van der Waals surface area contributed by atoms with Crippen molar-refractivity contribution < 1.29 is 27.8 Å². The summed E-state index contributed by atoms with van der Waals surface area (Å²) in [5.41, 5.74) is 5.55. The zero-order chi connectivity index (χ0) is 30.9. The number of piperidine rings is 1.